The molecule has 0 fully saturated rings. The van der Waals surface area contributed by atoms with E-state index in [-0.39, 0.29) is 5.91 Å². The molecule has 0 saturated carbocycles. The van der Waals surface area contributed by atoms with Crippen molar-refractivity contribution in [3.8, 4) is 0 Å². The molecule has 116 valence electrons. The molecule has 1 aromatic heterocycles. The van der Waals surface area contributed by atoms with Crippen molar-refractivity contribution in [1.29, 1.82) is 0 Å². The molecule has 22 heavy (non-hydrogen) atoms. The lowest BCUT2D eigenvalue weighted by atomic mass is 10.1. The first-order valence-electron chi connectivity index (χ1n) is 7.72. The van der Waals surface area contributed by atoms with Crippen LogP contribution in [0.2, 0.25) is 0 Å². The molecule has 0 saturated heterocycles. The molecular formula is C18H23N3O. The zero-order chi connectivity index (χ0) is 15.6. The number of benzene rings is 1. The van der Waals surface area contributed by atoms with Crippen LogP contribution in [0.4, 0.5) is 0 Å². The quantitative estimate of drug-likeness (QED) is 0.736. The minimum atomic E-state index is 0.0534. The zero-order valence-electron chi connectivity index (χ0n) is 13.0. The first kappa shape index (κ1) is 16.2. The lowest BCUT2D eigenvalue weighted by Gasteiger charge is -2.07. The summed E-state index contributed by atoms with van der Waals surface area (Å²) in [5.41, 5.74) is 3.60. The van der Waals surface area contributed by atoms with Crippen LogP contribution in [0.1, 0.15) is 30.0 Å². The molecule has 4 heteroatoms. The van der Waals surface area contributed by atoms with Gasteiger partial charge in [0.15, 0.2) is 0 Å². The number of rotatable bonds is 8. The zero-order valence-corrected chi connectivity index (χ0v) is 13.0. The normalized spacial score (nSPS) is 10.4. The van der Waals surface area contributed by atoms with Gasteiger partial charge in [-0.3, -0.25) is 9.78 Å². The molecule has 1 aromatic carbocycles. The van der Waals surface area contributed by atoms with Crippen molar-refractivity contribution in [2.75, 3.05) is 6.54 Å². The highest BCUT2D eigenvalue weighted by atomic mass is 16.1. The van der Waals surface area contributed by atoms with Gasteiger partial charge >= 0.3 is 0 Å². The van der Waals surface area contributed by atoms with Crippen LogP contribution < -0.4 is 10.6 Å². The minimum Gasteiger partial charge on any atom is -0.352 e. The third kappa shape index (κ3) is 5.66. The van der Waals surface area contributed by atoms with Crippen molar-refractivity contribution in [2.24, 2.45) is 0 Å². The monoisotopic (exact) mass is 297 g/mol. The summed E-state index contributed by atoms with van der Waals surface area (Å²) < 4.78 is 0. The highest BCUT2D eigenvalue weighted by Crippen LogP contribution is 2.04. The van der Waals surface area contributed by atoms with Crippen molar-refractivity contribution in [2.45, 2.75) is 32.9 Å². The Morgan fingerprint density at radius 1 is 1.05 bits per heavy atom. The van der Waals surface area contributed by atoms with Crippen LogP contribution in [0, 0.1) is 0 Å². The largest absolute Gasteiger partial charge is 0.352 e. The predicted octanol–water partition coefficient (Wildman–Crippen LogP) is 2.44. The fourth-order valence-electron chi connectivity index (χ4n) is 2.12. The smallest absolute Gasteiger partial charge is 0.221 e. The fourth-order valence-corrected chi connectivity index (χ4v) is 2.12. The number of carbonyl (C=O) groups is 1. The van der Waals surface area contributed by atoms with Gasteiger partial charge < -0.3 is 10.6 Å². The molecule has 0 bridgehead atoms. The number of amides is 1. The second-order valence-corrected chi connectivity index (χ2v) is 5.23. The topological polar surface area (TPSA) is 54.0 Å². The molecule has 2 rings (SSSR count). The van der Waals surface area contributed by atoms with E-state index in [1.54, 1.807) is 12.4 Å². The van der Waals surface area contributed by atoms with Crippen molar-refractivity contribution in [3.63, 3.8) is 0 Å². The van der Waals surface area contributed by atoms with Crippen LogP contribution >= 0.6 is 0 Å². The molecule has 0 aliphatic heterocycles. The van der Waals surface area contributed by atoms with Gasteiger partial charge in [0.2, 0.25) is 5.91 Å². The van der Waals surface area contributed by atoms with Gasteiger partial charge in [0.05, 0.1) is 0 Å². The summed E-state index contributed by atoms with van der Waals surface area (Å²) in [5, 5.41) is 6.19. The number of hydrogen-bond donors (Lipinski definition) is 2. The van der Waals surface area contributed by atoms with Crippen LogP contribution in [-0.4, -0.2) is 17.4 Å². The Morgan fingerprint density at radius 2 is 1.82 bits per heavy atom. The Bertz CT molecular complexity index is 567. The van der Waals surface area contributed by atoms with Crippen LogP contribution in [0.25, 0.3) is 0 Å². The van der Waals surface area contributed by atoms with Crippen molar-refractivity contribution >= 4 is 5.91 Å². The minimum absolute atomic E-state index is 0.0534. The van der Waals surface area contributed by atoms with Gasteiger partial charge in [-0.05, 0) is 29.2 Å². The highest BCUT2D eigenvalue weighted by molar-refractivity contribution is 5.76. The predicted molar refractivity (Wildman–Crippen MR) is 88.2 cm³/mol. The first-order chi connectivity index (χ1) is 10.8. The van der Waals surface area contributed by atoms with E-state index < -0.39 is 0 Å². The van der Waals surface area contributed by atoms with E-state index in [1.165, 1.54) is 11.1 Å². The van der Waals surface area contributed by atoms with E-state index in [0.717, 1.165) is 18.5 Å². The SMILES string of the molecule is CCc1ccc(CNCCC(=O)NCc2cccnc2)cc1. The van der Waals surface area contributed by atoms with Crippen LogP contribution in [0.15, 0.2) is 48.8 Å². The fraction of sp³-hybridized carbons (Fsp3) is 0.333. The molecule has 0 unspecified atom stereocenters. The van der Waals surface area contributed by atoms with E-state index in [2.05, 4.69) is 46.8 Å². The number of carbonyl (C=O) groups excluding carboxylic acids is 1. The average molecular weight is 297 g/mol. The number of nitrogens with one attached hydrogen (secondary N) is 2. The van der Waals surface area contributed by atoms with E-state index in [1.807, 2.05) is 12.1 Å². The Morgan fingerprint density at radius 3 is 2.50 bits per heavy atom. The number of pyridine rings is 1. The third-order valence-electron chi connectivity index (χ3n) is 3.50. The van der Waals surface area contributed by atoms with Gasteiger partial charge in [-0.25, -0.2) is 0 Å². The van der Waals surface area contributed by atoms with Crippen molar-refractivity contribution in [3.05, 3.63) is 65.5 Å². The molecule has 0 spiro atoms. The van der Waals surface area contributed by atoms with Gasteiger partial charge in [-0.1, -0.05) is 37.3 Å². The molecule has 4 nitrogen and oxygen atoms in total. The van der Waals surface area contributed by atoms with E-state index in [4.69, 9.17) is 0 Å². The molecule has 0 aliphatic carbocycles. The summed E-state index contributed by atoms with van der Waals surface area (Å²) >= 11 is 0. The molecule has 1 heterocycles. The maximum Gasteiger partial charge on any atom is 0.221 e. The summed E-state index contributed by atoms with van der Waals surface area (Å²) in [4.78, 5) is 15.8. The molecule has 2 aromatic rings. The van der Waals surface area contributed by atoms with E-state index >= 15 is 0 Å². The molecule has 1 amide bonds. The third-order valence-corrected chi connectivity index (χ3v) is 3.50. The Balaban J connectivity index is 1.60. The standard InChI is InChI=1S/C18H23N3O/c1-2-15-5-7-16(8-6-15)12-20-11-9-18(22)21-14-17-4-3-10-19-13-17/h3-8,10,13,20H,2,9,11-12,14H2,1H3,(H,21,22). The van der Waals surface area contributed by atoms with Gasteiger partial charge in [0.1, 0.15) is 0 Å². The lowest BCUT2D eigenvalue weighted by Crippen LogP contribution is -2.27. The molecular weight excluding hydrogens is 274 g/mol. The van der Waals surface area contributed by atoms with Crippen LogP contribution in [0.5, 0.6) is 0 Å². The average Bonchev–Trinajstić information content (AvgIpc) is 2.58. The summed E-state index contributed by atoms with van der Waals surface area (Å²) in [7, 11) is 0. The van der Waals surface area contributed by atoms with Crippen LogP contribution in [0.3, 0.4) is 0 Å². The first-order valence-corrected chi connectivity index (χ1v) is 7.72. The number of aromatic nitrogens is 1. The lowest BCUT2D eigenvalue weighted by molar-refractivity contribution is -0.121. The summed E-state index contributed by atoms with van der Waals surface area (Å²) in [6, 6.07) is 12.4. The van der Waals surface area contributed by atoms with Crippen molar-refractivity contribution < 1.29 is 4.79 Å². The summed E-state index contributed by atoms with van der Waals surface area (Å²) in [6.07, 6.45) is 5.03. The van der Waals surface area contributed by atoms with Crippen LogP contribution in [-0.2, 0) is 24.3 Å². The van der Waals surface area contributed by atoms with Gasteiger partial charge in [0, 0.05) is 38.4 Å². The Kier molecular flexibility index (Phi) is 6.58. The van der Waals surface area contributed by atoms with Crippen molar-refractivity contribution in [1.82, 2.24) is 15.6 Å². The second kappa shape index (κ2) is 8.95. The number of nitrogens with zero attached hydrogens (tertiary/aromatic N) is 1. The maximum atomic E-state index is 11.7. The summed E-state index contributed by atoms with van der Waals surface area (Å²) in [6.45, 7) is 4.15. The highest BCUT2D eigenvalue weighted by Gasteiger charge is 2.01. The Labute approximate surface area is 132 Å². The van der Waals surface area contributed by atoms with Gasteiger partial charge in [0.25, 0.3) is 0 Å². The maximum absolute atomic E-state index is 11.7. The Hall–Kier alpha value is -2.20. The molecule has 0 radical (unpaired) electrons. The summed E-state index contributed by atoms with van der Waals surface area (Å²) in [5.74, 6) is 0.0534. The number of hydrogen-bond acceptors (Lipinski definition) is 3. The second-order valence-electron chi connectivity index (χ2n) is 5.23. The molecule has 2 N–H and O–H groups in total. The molecule has 0 aliphatic rings. The number of aryl methyl sites for hydroxylation is 1. The van der Waals surface area contributed by atoms with Gasteiger partial charge in [-0.15, -0.1) is 0 Å². The van der Waals surface area contributed by atoms with Gasteiger partial charge in [-0.2, -0.15) is 0 Å². The van der Waals surface area contributed by atoms with E-state index in [9.17, 15) is 4.79 Å². The molecule has 0 atom stereocenters. The van der Waals surface area contributed by atoms with E-state index in [0.29, 0.717) is 19.5 Å².